The maximum atomic E-state index is 5.62. The predicted molar refractivity (Wildman–Crippen MR) is 60.2 cm³/mol. The average molecular weight is 251 g/mol. The van der Waals surface area contributed by atoms with Crippen LogP contribution in [0, 0.1) is 0 Å². The molecule has 0 unspecified atom stereocenters. The molecule has 68 valence electrons. The minimum absolute atomic E-state index is 0. The van der Waals surface area contributed by atoms with Gasteiger partial charge in [-0.3, -0.25) is 0 Å². The highest BCUT2D eigenvalue weighted by Gasteiger charge is 1.91. The highest BCUT2D eigenvalue weighted by atomic mass is 79.9. The monoisotopic (exact) mass is 249 g/mol. The molecular weight excluding hydrogens is 237 g/mol. The molecule has 0 fully saturated rings. The van der Waals surface area contributed by atoms with Crippen LogP contribution in [0.4, 0.5) is 5.69 Å². The van der Waals surface area contributed by atoms with Crippen LogP contribution in [0.5, 0.6) is 0 Å². The van der Waals surface area contributed by atoms with E-state index in [1.54, 1.807) is 0 Å². The Morgan fingerprint density at radius 1 is 1.33 bits per heavy atom. The Balaban J connectivity index is 0.00000121. The fourth-order valence-electron chi connectivity index (χ4n) is 1.02. The number of benzene rings is 1. The third-order valence-corrected chi connectivity index (χ3v) is 2.11. The van der Waals surface area contributed by atoms with E-state index >= 15 is 0 Å². The van der Waals surface area contributed by atoms with Crippen molar-refractivity contribution in [2.45, 2.75) is 12.8 Å². The SMILES string of the molecule is Cl.Nc1cccc(CCCBr)c1. The van der Waals surface area contributed by atoms with Crippen LogP contribution in [-0.2, 0) is 6.42 Å². The van der Waals surface area contributed by atoms with Gasteiger partial charge in [-0.15, -0.1) is 12.4 Å². The molecule has 0 atom stereocenters. The van der Waals surface area contributed by atoms with Gasteiger partial charge < -0.3 is 5.73 Å². The van der Waals surface area contributed by atoms with Crippen molar-refractivity contribution in [3.8, 4) is 0 Å². The first-order valence-electron chi connectivity index (χ1n) is 3.73. The first kappa shape index (κ1) is 11.8. The Kier molecular flexibility index (Phi) is 6.21. The van der Waals surface area contributed by atoms with Crippen molar-refractivity contribution in [3.05, 3.63) is 29.8 Å². The molecule has 0 amide bonds. The standard InChI is InChI=1S/C9H12BrN.ClH/c10-6-2-4-8-3-1-5-9(11)7-8;/h1,3,5,7H,2,4,6,11H2;1H. The maximum Gasteiger partial charge on any atom is 0.0316 e. The van der Waals surface area contributed by atoms with Gasteiger partial charge in [-0.25, -0.2) is 0 Å². The van der Waals surface area contributed by atoms with Crippen molar-refractivity contribution >= 4 is 34.0 Å². The maximum absolute atomic E-state index is 5.62. The summed E-state index contributed by atoms with van der Waals surface area (Å²) in [5.41, 5.74) is 7.80. The Hall–Kier alpha value is -0.210. The van der Waals surface area contributed by atoms with E-state index in [2.05, 4.69) is 22.0 Å². The molecule has 0 heterocycles. The first-order valence-corrected chi connectivity index (χ1v) is 4.85. The van der Waals surface area contributed by atoms with Crippen LogP contribution in [0.1, 0.15) is 12.0 Å². The molecular formula is C9H13BrClN. The molecule has 0 bridgehead atoms. The Labute approximate surface area is 87.9 Å². The third kappa shape index (κ3) is 3.98. The summed E-state index contributed by atoms with van der Waals surface area (Å²) < 4.78 is 0. The second-order valence-electron chi connectivity index (χ2n) is 2.54. The number of nitrogens with two attached hydrogens (primary N) is 1. The summed E-state index contributed by atoms with van der Waals surface area (Å²) in [5.74, 6) is 0. The molecule has 1 rings (SSSR count). The van der Waals surface area contributed by atoms with E-state index in [-0.39, 0.29) is 12.4 Å². The van der Waals surface area contributed by atoms with E-state index in [1.807, 2.05) is 18.2 Å². The van der Waals surface area contributed by atoms with Gasteiger partial charge in [-0.05, 0) is 30.5 Å². The van der Waals surface area contributed by atoms with Gasteiger partial charge in [0.05, 0.1) is 0 Å². The molecule has 0 aromatic heterocycles. The van der Waals surface area contributed by atoms with E-state index in [4.69, 9.17) is 5.73 Å². The van der Waals surface area contributed by atoms with E-state index in [0.717, 1.165) is 17.4 Å². The Morgan fingerprint density at radius 3 is 2.67 bits per heavy atom. The summed E-state index contributed by atoms with van der Waals surface area (Å²) in [7, 11) is 0. The van der Waals surface area contributed by atoms with E-state index < -0.39 is 0 Å². The van der Waals surface area contributed by atoms with E-state index in [9.17, 15) is 0 Å². The van der Waals surface area contributed by atoms with Crippen LogP contribution in [-0.4, -0.2) is 5.33 Å². The third-order valence-electron chi connectivity index (χ3n) is 1.55. The molecule has 3 heteroatoms. The summed E-state index contributed by atoms with van der Waals surface area (Å²) in [6.07, 6.45) is 2.28. The lowest BCUT2D eigenvalue weighted by atomic mass is 10.1. The van der Waals surface area contributed by atoms with Crippen molar-refractivity contribution in [1.82, 2.24) is 0 Å². The summed E-state index contributed by atoms with van der Waals surface area (Å²) in [4.78, 5) is 0. The molecule has 0 spiro atoms. The van der Waals surface area contributed by atoms with Crippen LogP contribution >= 0.6 is 28.3 Å². The molecule has 0 saturated heterocycles. The van der Waals surface area contributed by atoms with Gasteiger partial charge in [0, 0.05) is 11.0 Å². The molecule has 1 nitrogen and oxygen atoms in total. The minimum Gasteiger partial charge on any atom is -0.399 e. The first-order chi connectivity index (χ1) is 5.33. The average Bonchev–Trinajstić information content (AvgIpc) is 2.01. The fraction of sp³-hybridized carbons (Fsp3) is 0.333. The van der Waals surface area contributed by atoms with Crippen molar-refractivity contribution in [2.24, 2.45) is 0 Å². The topological polar surface area (TPSA) is 26.0 Å². The van der Waals surface area contributed by atoms with Gasteiger partial charge in [0.2, 0.25) is 0 Å². The van der Waals surface area contributed by atoms with Gasteiger partial charge in [0.1, 0.15) is 0 Å². The van der Waals surface area contributed by atoms with E-state index in [1.165, 1.54) is 12.0 Å². The highest BCUT2D eigenvalue weighted by Crippen LogP contribution is 2.08. The quantitative estimate of drug-likeness (QED) is 0.648. The van der Waals surface area contributed by atoms with E-state index in [0.29, 0.717) is 0 Å². The smallest absolute Gasteiger partial charge is 0.0316 e. The zero-order valence-electron chi connectivity index (χ0n) is 6.79. The molecule has 0 radical (unpaired) electrons. The normalized spacial score (nSPS) is 9.08. The largest absolute Gasteiger partial charge is 0.399 e. The second-order valence-corrected chi connectivity index (χ2v) is 3.33. The van der Waals surface area contributed by atoms with Crippen molar-refractivity contribution in [1.29, 1.82) is 0 Å². The second kappa shape index (κ2) is 6.32. The summed E-state index contributed by atoms with van der Waals surface area (Å²) in [6, 6.07) is 8.05. The van der Waals surface area contributed by atoms with Crippen molar-refractivity contribution < 1.29 is 0 Å². The van der Waals surface area contributed by atoms with Crippen LogP contribution < -0.4 is 5.73 Å². The number of hydrogen-bond donors (Lipinski definition) is 1. The minimum atomic E-state index is 0. The summed E-state index contributed by atoms with van der Waals surface area (Å²) in [6.45, 7) is 0. The van der Waals surface area contributed by atoms with Crippen LogP contribution in [0.15, 0.2) is 24.3 Å². The van der Waals surface area contributed by atoms with Crippen LogP contribution in [0.2, 0.25) is 0 Å². The van der Waals surface area contributed by atoms with Crippen LogP contribution in [0.25, 0.3) is 0 Å². The molecule has 0 aliphatic heterocycles. The number of alkyl halides is 1. The lowest BCUT2D eigenvalue weighted by molar-refractivity contribution is 0.940. The molecule has 0 saturated carbocycles. The molecule has 12 heavy (non-hydrogen) atoms. The molecule has 0 aliphatic rings. The number of rotatable bonds is 3. The van der Waals surface area contributed by atoms with Crippen molar-refractivity contribution in [2.75, 3.05) is 11.1 Å². The lowest BCUT2D eigenvalue weighted by Crippen LogP contribution is -1.89. The number of aryl methyl sites for hydroxylation is 1. The van der Waals surface area contributed by atoms with Gasteiger partial charge in [-0.2, -0.15) is 0 Å². The molecule has 1 aromatic carbocycles. The molecule has 0 aliphatic carbocycles. The summed E-state index contributed by atoms with van der Waals surface area (Å²) in [5, 5.41) is 1.06. The van der Waals surface area contributed by atoms with Gasteiger partial charge in [0.15, 0.2) is 0 Å². The van der Waals surface area contributed by atoms with Gasteiger partial charge in [-0.1, -0.05) is 28.1 Å². The van der Waals surface area contributed by atoms with Gasteiger partial charge in [0.25, 0.3) is 0 Å². The fourth-order valence-corrected chi connectivity index (χ4v) is 1.30. The highest BCUT2D eigenvalue weighted by molar-refractivity contribution is 9.09. The number of hydrogen-bond acceptors (Lipinski definition) is 1. The zero-order valence-corrected chi connectivity index (χ0v) is 9.20. The summed E-state index contributed by atoms with van der Waals surface area (Å²) >= 11 is 3.39. The predicted octanol–water partition coefficient (Wildman–Crippen LogP) is 3.02. The van der Waals surface area contributed by atoms with Crippen LogP contribution in [0.3, 0.4) is 0 Å². The number of anilines is 1. The Bertz CT molecular complexity index is 228. The number of nitrogen functional groups attached to an aromatic ring is 1. The molecule has 1 aromatic rings. The number of halogens is 2. The zero-order chi connectivity index (χ0) is 8.10. The van der Waals surface area contributed by atoms with Gasteiger partial charge >= 0.3 is 0 Å². The Morgan fingerprint density at radius 2 is 2.08 bits per heavy atom. The lowest BCUT2D eigenvalue weighted by Gasteiger charge is -1.99. The molecule has 2 N–H and O–H groups in total. The van der Waals surface area contributed by atoms with Crippen molar-refractivity contribution in [3.63, 3.8) is 0 Å².